The second kappa shape index (κ2) is 9.65. The number of hydrogen-bond acceptors (Lipinski definition) is 9. The van der Waals surface area contributed by atoms with Crippen LogP contribution in [0.15, 0.2) is 36.7 Å². The van der Waals surface area contributed by atoms with E-state index in [9.17, 15) is 9.50 Å². The maximum absolute atomic E-state index is 13.7. The number of anilines is 5. The van der Waals surface area contributed by atoms with Crippen molar-refractivity contribution < 1.29 is 9.50 Å². The molecule has 2 bridgehead atoms. The Hall–Kier alpha value is -3.53. The number of hydrogen-bond donors (Lipinski definition) is 3. The van der Waals surface area contributed by atoms with Crippen LogP contribution in [0.25, 0.3) is 0 Å². The van der Waals surface area contributed by atoms with Gasteiger partial charge in [0.15, 0.2) is 0 Å². The number of fused-ring (bicyclic) bond motifs is 3. The molecular formula is C28H35FN8O. The van der Waals surface area contributed by atoms with E-state index >= 15 is 0 Å². The zero-order valence-electron chi connectivity index (χ0n) is 22.2. The fourth-order valence-electron chi connectivity index (χ4n) is 6.43. The summed E-state index contributed by atoms with van der Waals surface area (Å²) < 4.78 is 13.7. The quantitative estimate of drug-likeness (QED) is 0.430. The first-order valence-corrected chi connectivity index (χ1v) is 13.4. The van der Waals surface area contributed by atoms with Crippen LogP contribution < -0.4 is 20.4 Å². The number of benzene rings is 1. The Balaban J connectivity index is 1.31. The Morgan fingerprint density at radius 1 is 1.08 bits per heavy atom. The average Bonchev–Trinajstić information content (AvgIpc) is 3.28. The number of aliphatic hydroxyl groups excluding tert-OH is 1. The summed E-state index contributed by atoms with van der Waals surface area (Å²) in [7, 11) is 0. The molecule has 1 aromatic carbocycles. The molecule has 38 heavy (non-hydrogen) atoms. The van der Waals surface area contributed by atoms with Crippen molar-refractivity contribution in [1.29, 1.82) is 0 Å². The van der Waals surface area contributed by atoms with Gasteiger partial charge in [0.25, 0.3) is 0 Å². The molecule has 10 heteroatoms. The predicted octanol–water partition coefficient (Wildman–Crippen LogP) is 3.87. The molecule has 3 aliphatic rings. The van der Waals surface area contributed by atoms with Gasteiger partial charge in [0.1, 0.15) is 29.6 Å². The number of aliphatic hydroxyl groups is 1. The molecular weight excluding hydrogens is 483 g/mol. The zero-order valence-corrected chi connectivity index (χ0v) is 22.2. The maximum Gasteiger partial charge on any atom is 0.226 e. The Kier molecular flexibility index (Phi) is 6.29. The van der Waals surface area contributed by atoms with Crippen LogP contribution >= 0.6 is 0 Å². The van der Waals surface area contributed by atoms with Crippen molar-refractivity contribution in [2.45, 2.75) is 45.1 Å². The first kappa shape index (κ1) is 24.8. The minimum absolute atomic E-state index is 0.00870. The molecule has 2 aromatic heterocycles. The fourth-order valence-corrected chi connectivity index (χ4v) is 6.43. The van der Waals surface area contributed by atoms with Gasteiger partial charge in [0.05, 0.1) is 6.61 Å². The Labute approximate surface area is 222 Å². The minimum Gasteiger partial charge on any atom is -0.395 e. The van der Waals surface area contributed by atoms with Crippen molar-refractivity contribution in [3.63, 3.8) is 0 Å². The van der Waals surface area contributed by atoms with Crippen LogP contribution in [-0.4, -0.2) is 63.9 Å². The van der Waals surface area contributed by atoms with Crippen LogP contribution in [0.5, 0.6) is 0 Å². The SMILES string of the molecule is Cc1cc(N2CC3CCC(C2)C3Nc2nc(NCCO)c3c(n2)N(c2ccc(F)cc2)CC3(C)C)ncn1. The smallest absolute Gasteiger partial charge is 0.226 e. The second-order valence-corrected chi connectivity index (χ2v) is 11.4. The summed E-state index contributed by atoms with van der Waals surface area (Å²) in [6, 6.07) is 8.88. The van der Waals surface area contributed by atoms with E-state index in [0.29, 0.717) is 30.9 Å². The highest BCUT2D eigenvalue weighted by Gasteiger charge is 2.44. The lowest BCUT2D eigenvalue weighted by Crippen LogP contribution is -2.48. The number of nitrogens with zero attached hydrogens (tertiary/aromatic N) is 6. The predicted molar refractivity (Wildman–Crippen MR) is 147 cm³/mol. The summed E-state index contributed by atoms with van der Waals surface area (Å²) in [4.78, 5) is 23.3. The lowest BCUT2D eigenvalue weighted by Gasteiger charge is -2.39. The maximum atomic E-state index is 13.7. The first-order valence-electron chi connectivity index (χ1n) is 13.4. The summed E-state index contributed by atoms with van der Waals surface area (Å²) in [6.07, 6.45) is 3.95. The van der Waals surface area contributed by atoms with Gasteiger partial charge in [0.2, 0.25) is 5.95 Å². The molecule has 2 fully saturated rings. The molecule has 2 atom stereocenters. The Morgan fingerprint density at radius 2 is 1.82 bits per heavy atom. The largest absolute Gasteiger partial charge is 0.395 e. The van der Waals surface area contributed by atoms with E-state index in [1.807, 2.05) is 6.92 Å². The molecule has 200 valence electrons. The molecule has 0 amide bonds. The summed E-state index contributed by atoms with van der Waals surface area (Å²) in [5.41, 5.74) is 2.65. The van der Waals surface area contributed by atoms with Crippen molar-refractivity contribution in [3.05, 3.63) is 53.7 Å². The summed E-state index contributed by atoms with van der Waals surface area (Å²) in [5.74, 6) is 3.79. The Morgan fingerprint density at radius 3 is 2.50 bits per heavy atom. The lowest BCUT2D eigenvalue weighted by molar-refractivity contribution is 0.311. The van der Waals surface area contributed by atoms with Gasteiger partial charge in [-0.1, -0.05) is 13.8 Å². The normalized spacial score (nSPS) is 23.4. The van der Waals surface area contributed by atoms with Gasteiger partial charge in [-0.2, -0.15) is 9.97 Å². The number of halogens is 1. The van der Waals surface area contributed by atoms with Gasteiger partial charge in [-0.25, -0.2) is 14.4 Å². The van der Waals surface area contributed by atoms with Crippen LogP contribution in [0.4, 0.5) is 33.5 Å². The third-order valence-electron chi connectivity index (χ3n) is 8.16. The van der Waals surface area contributed by atoms with Gasteiger partial charge in [0, 0.05) is 60.6 Å². The van der Waals surface area contributed by atoms with Gasteiger partial charge < -0.3 is 25.5 Å². The van der Waals surface area contributed by atoms with Gasteiger partial charge in [-0.05, 0) is 55.9 Å². The van der Waals surface area contributed by atoms with E-state index in [2.05, 4.69) is 50.3 Å². The van der Waals surface area contributed by atoms with Crippen LogP contribution in [0, 0.1) is 24.6 Å². The van der Waals surface area contributed by atoms with Crippen LogP contribution in [0.2, 0.25) is 0 Å². The Bertz CT molecular complexity index is 1300. The molecule has 9 nitrogen and oxygen atoms in total. The number of aromatic nitrogens is 4. The molecule has 1 saturated carbocycles. The van der Waals surface area contributed by atoms with Gasteiger partial charge in [-0.3, -0.25) is 0 Å². The van der Waals surface area contributed by atoms with Crippen LogP contribution in [-0.2, 0) is 5.41 Å². The summed E-state index contributed by atoms with van der Waals surface area (Å²) in [5, 5.41) is 16.6. The minimum atomic E-state index is -0.262. The van der Waals surface area contributed by atoms with E-state index in [1.165, 1.54) is 12.1 Å². The van der Waals surface area contributed by atoms with Crippen molar-refractivity contribution in [2.24, 2.45) is 11.8 Å². The number of nitrogens with one attached hydrogen (secondary N) is 2. The van der Waals surface area contributed by atoms with Crippen LogP contribution in [0.1, 0.15) is 37.9 Å². The third kappa shape index (κ3) is 4.51. The molecule has 0 radical (unpaired) electrons. The fraction of sp³-hybridized carbons (Fsp3) is 0.500. The molecule has 6 rings (SSSR count). The first-order chi connectivity index (χ1) is 18.3. The van der Waals surface area contributed by atoms with E-state index in [0.717, 1.165) is 60.3 Å². The molecule has 2 unspecified atom stereocenters. The highest BCUT2D eigenvalue weighted by atomic mass is 19.1. The average molecular weight is 519 g/mol. The highest BCUT2D eigenvalue weighted by molar-refractivity contribution is 5.75. The molecule has 1 aliphatic carbocycles. The standard InChI is InChI=1S/C28H35FN8O/c1-17-12-22(32-16-31-17)36-13-18-4-5-19(14-36)24(18)33-27-34-25(30-10-11-38)23-26(35-27)37(15-28(23,2)3)21-8-6-20(29)7-9-21/h6-9,12,16,18-19,24,38H,4-5,10-11,13-15H2,1-3H3,(H2,30,33,34,35). The lowest BCUT2D eigenvalue weighted by atomic mass is 9.88. The summed E-state index contributed by atoms with van der Waals surface area (Å²) in [6.45, 7) is 9.30. The number of aryl methyl sites for hydroxylation is 1. The van der Waals surface area contributed by atoms with E-state index in [4.69, 9.17) is 9.97 Å². The van der Waals surface area contributed by atoms with E-state index in [1.54, 1.807) is 18.5 Å². The third-order valence-corrected chi connectivity index (χ3v) is 8.16. The van der Waals surface area contributed by atoms with E-state index in [-0.39, 0.29) is 23.9 Å². The van der Waals surface area contributed by atoms with Crippen molar-refractivity contribution in [1.82, 2.24) is 19.9 Å². The topological polar surface area (TPSA) is 102 Å². The molecule has 3 aromatic rings. The monoisotopic (exact) mass is 518 g/mol. The molecule has 2 aliphatic heterocycles. The molecule has 4 heterocycles. The molecule has 3 N–H and O–H groups in total. The number of rotatable bonds is 7. The van der Waals surface area contributed by atoms with Crippen LogP contribution in [0.3, 0.4) is 0 Å². The molecule has 1 saturated heterocycles. The van der Waals surface area contributed by atoms with Crippen molar-refractivity contribution >= 4 is 29.1 Å². The summed E-state index contributed by atoms with van der Waals surface area (Å²) >= 11 is 0. The van der Waals surface area contributed by atoms with E-state index < -0.39 is 0 Å². The van der Waals surface area contributed by atoms with Gasteiger partial charge >= 0.3 is 0 Å². The van der Waals surface area contributed by atoms with Gasteiger partial charge in [-0.15, -0.1) is 0 Å². The second-order valence-electron chi connectivity index (χ2n) is 11.4. The molecule has 0 spiro atoms. The van der Waals surface area contributed by atoms with Crippen molar-refractivity contribution in [3.8, 4) is 0 Å². The zero-order chi connectivity index (χ0) is 26.4. The number of piperidine rings is 1. The highest BCUT2D eigenvalue weighted by Crippen LogP contribution is 2.47. The van der Waals surface area contributed by atoms with Crippen molar-refractivity contribution in [2.75, 3.05) is 53.2 Å².